The fourth-order valence-electron chi connectivity index (χ4n) is 1.37. The van der Waals surface area contributed by atoms with Crippen molar-refractivity contribution in [1.82, 2.24) is 4.98 Å². The van der Waals surface area contributed by atoms with Crippen LogP contribution in [0.2, 0.25) is 0 Å². The molecule has 0 saturated heterocycles. The minimum Gasteiger partial charge on any atom is -0.508 e. The van der Waals surface area contributed by atoms with Crippen molar-refractivity contribution < 1.29 is 5.11 Å². The van der Waals surface area contributed by atoms with Gasteiger partial charge in [0, 0.05) is 18.0 Å². The quantitative estimate of drug-likeness (QED) is 0.741. The summed E-state index contributed by atoms with van der Waals surface area (Å²) >= 11 is 0. The van der Waals surface area contributed by atoms with Crippen molar-refractivity contribution in [2.75, 3.05) is 0 Å². The lowest BCUT2D eigenvalue weighted by Gasteiger charge is -2.01. The average molecular weight is 185 g/mol. The summed E-state index contributed by atoms with van der Waals surface area (Å²) in [6, 6.07) is 9.19. The van der Waals surface area contributed by atoms with Crippen molar-refractivity contribution in [2.45, 2.75) is 6.92 Å². The predicted molar refractivity (Wildman–Crippen MR) is 56.1 cm³/mol. The topological polar surface area (TPSA) is 33.1 Å². The van der Waals surface area contributed by atoms with Gasteiger partial charge in [-0.2, -0.15) is 0 Å². The molecule has 1 N–H and O–H groups in total. The van der Waals surface area contributed by atoms with Crippen molar-refractivity contribution in [3.63, 3.8) is 0 Å². The number of hydrogen-bond donors (Lipinski definition) is 1. The molecule has 0 spiro atoms. The number of phenolic OH excluding ortho intramolecular Hbond substituents is 1. The van der Waals surface area contributed by atoms with Crippen LogP contribution in [0.15, 0.2) is 42.7 Å². The van der Waals surface area contributed by atoms with Crippen LogP contribution in [-0.2, 0) is 0 Å². The highest BCUT2D eigenvalue weighted by molar-refractivity contribution is 5.63. The van der Waals surface area contributed by atoms with Gasteiger partial charge in [0.15, 0.2) is 0 Å². The molecule has 0 bridgehead atoms. The number of benzene rings is 1. The van der Waals surface area contributed by atoms with Gasteiger partial charge in [0.05, 0.1) is 0 Å². The molecule has 0 saturated carbocycles. The first kappa shape index (κ1) is 8.75. The highest BCUT2D eigenvalue weighted by Gasteiger charge is 1.97. The third kappa shape index (κ3) is 1.74. The second kappa shape index (κ2) is 3.50. The fourth-order valence-corrected chi connectivity index (χ4v) is 1.37. The summed E-state index contributed by atoms with van der Waals surface area (Å²) in [6.45, 7) is 2.01. The van der Waals surface area contributed by atoms with Crippen LogP contribution in [0.1, 0.15) is 5.56 Å². The molecule has 14 heavy (non-hydrogen) atoms. The van der Waals surface area contributed by atoms with Gasteiger partial charge in [-0.05, 0) is 36.2 Å². The number of pyridine rings is 1. The van der Waals surface area contributed by atoms with E-state index in [1.165, 1.54) is 0 Å². The average Bonchev–Trinajstić information content (AvgIpc) is 2.19. The molecule has 2 nitrogen and oxygen atoms in total. The Kier molecular flexibility index (Phi) is 2.19. The Hall–Kier alpha value is -1.83. The summed E-state index contributed by atoms with van der Waals surface area (Å²) < 4.78 is 0. The lowest BCUT2D eigenvalue weighted by Crippen LogP contribution is -1.81. The van der Waals surface area contributed by atoms with Crippen molar-refractivity contribution in [3.05, 3.63) is 48.3 Å². The van der Waals surface area contributed by atoms with Crippen molar-refractivity contribution in [1.29, 1.82) is 0 Å². The van der Waals surface area contributed by atoms with Gasteiger partial charge in [0.2, 0.25) is 0 Å². The van der Waals surface area contributed by atoms with Crippen LogP contribution in [0.5, 0.6) is 5.75 Å². The second-order valence-corrected chi connectivity index (χ2v) is 3.30. The summed E-state index contributed by atoms with van der Waals surface area (Å²) in [5.41, 5.74) is 3.28. The molecule has 1 aromatic heterocycles. The van der Waals surface area contributed by atoms with Gasteiger partial charge in [-0.3, -0.25) is 4.98 Å². The van der Waals surface area contributed by atoms with Crippen LogP contribution >= 0.6 is 0 Å². The zero-order chi connectivity index (χ0) is 9.97. The number of phenols is 1. The van der Waals surface area contributed by atoms with E-state index in [0.29, 0.717) is 0 Å². The first-order valence-corrected chi connectivity index (χ1v) is 4.47. The van der Waals surface area contributed by atoms with Crippen LogP contribution < -0.4 is 0 Å². The minimum atomic E-state index is 0.286. The maximum atomic E-state index is 9.14. The summed E-state index contributed by atoms with van der Waals surface area (Å²) in [5.74, 6) is 0.286. The van der Waals surface area contributed by atoms with Crippen molar-refractivity contribution >= 4 is 0 Å². The van der Waals surface area contributed by atoms with E-state index in [4.69, 9.17) is 5.11 Å². The summed E-state index contributed by atoms with van der Waals surface area (Å²) in [4.78, 5) is 4.12. The molecule has 1 heterocycles. The zero-order valence-electron chi connectivity index (χ0n) is 7.94. The summed E-state index contributed by atoms with van der Waals surface area (Å²) in [7, 11) is 0. The highest BCUT2D eigenvalue weighted by Crippen LogP contribution is 2.21. The maximum absolute atomic E-state index is 9.14. The van der Waals surface area contributed by atoms with Gasteiger partial charge in [-0.15, -0.1) is 0 Å². The zero-order valence-corrected chi connectivity index (χ0v) is 7.94. The lowest BCUT2D eigenvalue weighted by atomic mass is 10.1. The molecule has 0 fully saturated rings. The molecule has 0 aliphatic carbocycles. The Morgan fingerprint density at radius 2 is 1.71 bits per heavy atom. The number of aromatic hydroxyl groups is 1. The summed E-state index contributed by atoms with van der Waals surface area (Å²) in [6.07, 6.45) is 3.64. The molecule has 0 unspecified atom stereocenters. The third-order valence-corrected chi connectivity index (χ3v) is 2.08. The van der Waals surface area contributed by atoms with Gasteiger partial charge in [-0.25, -0.2) is 0 Å². The molecule has 1 aromatic carbocycles. The van der Waals surface area contributed by atoms with Crippen LogP contribution in [0.3, 0.4) is 0 Å². The van der Waals surface area contributed by atoms with Gasteiger partial charge in [-0.1, -0.05) is 12.1 Å². The van der Waals surface area contributed by atoms with Crippen LogP contribution in [-0.4, -0.2) is 10.1 Å². The Balaban J connectivity index is 2.44. The number of rotatable bonds is 1. The normalized spacial score (nSPS) is 10.1. The van der Waals surface area contributed by atoms with Crippen LogP contribution in [0, 0.1) is 6.92 Å². The molecule has 2 aromatic rings. The predicted octanol–water partition coefficient (Wildman–Crippen LogP) is 2.76. The maximum Gasteiger partial charge on any atom is 0.115 e. The molecule has 2 rings (SSSR count). The smallest absolute Gasteiger partial charge is 0.115 e. The Morgan fingerprint density at radius 3 is 2.36 bits per heavy atom. The van der Waals surface area contributed by atoms with E-state index in [1.807, 2.05) is 31.5 Å². The standard InChI is InChI=1S/C12H11NO/c1-9-6-11(8-13-7-9)10-2-4-12(14)5-3-10/h2-8,14H,1H3. The lowest BCUT2D eigenvalue weighted by molar-refractivity contribution is 0.475. The Morgan fingerprint density at radius 1 is 1.00 bits per heavy atom. The molecule has 0 amide bonds. The summed E-state index contributed by atoms with van der Waals surface area (Å²) in [5, 5.41) is 9.14. The van der Waals surface area contributed by atoms with E-state index < -0.39 is 0 Å². The number of aryl methyl sites for hydroxylation is 1. The van der Waals surface area contributed by atoms with Gasteiger partial charge in [0.1, 0.15) is 5.75 Å². The molecule has 0 radical (unpaired) electrons. The molecular weight excluding hydrogens is 174 g/mol. The van der Waals surface area contributed by atoms with Crippen molar-refractivity contribution in [3.8, 4) is 16.9 Å². The molecule has 2 heteroatoms. The van der Waals surface area contributed by atoms with Gasteiger partial charge >= 0.3 is 0 Å². The van der Waals surface area contributed by atoms with Gasteiger partial charge in [0.25, 0.3) is 0 Å². The number of aromatic nitrogens is 1. The number of nitrogens with zero attached hydrogens (tertiary/aromatic N) is 1. The van der Waals surface area contributed by atoms with Crippen LogP contribution in [0.25, 0.3) is 11.1 Å². The fraction of sp³-hybridized carbons (Fsp3) is 0.0833. The number of hydrogen-bond acceptors (Lipinski definition) is 2. The van der Waals surface area contributed by atoms with E-state index in [2.05, 4.69) is 11.1 Å². The monoisotopic (exact) mass is 185 g/mol. The molecule has 0 aliphatic heterocycles. The van der Waals surface area contributed by atoms with Crippen LogP contribution in [0.4, 0.5) is 0 Å². The molecule has 0 aliphatic rings. The molecule has 0 atom stereocenters. The molecule has 70 valence electrons. The first-order valence-electron chi connectivity index (χ1n) is 4.47. The highest BCUT2D eigenvalue weighted by atomic mass is 16.3. The molecular formula is C12H11NO. The van der Waals surface area contributed by atoms with E-state index in [-0.39, 0.29) is 5.75 Å². The third-order valence-electron chi connectivity index (χ3n) is 2.08. The Labute approximate surface area is 82.9 Å². The van der Waals surface area contributed by atoms with E-state index in [1.54, 1.807) is 12.1 Å². The van der Waals surface area contributed by atoms with E-state index >= 15 is 0 Å². The largest absolute Gasteiger partial charge is 0.508 e. The first-order chi connectivity index (χ1) is 6.75. The second-order valence-electron chi connectivity index (χ2n) is 3.30. The van der Waals surface area contributed by atoms with E-state index in [9.17, 15) is 0 Å². The minimum absolute atomic E-state index is 0.286. The van der Waals surface area contributed by atoms with E-state index in [0.717, 1.165) is 16.7 Å². The Bertz CT molecular complexity index is 434. The van der Waals surface area contributed by atoms with Crippen molar-refractivity contribution in [2.24, 2.45) is 0 Å². The van der Waals surface area contributed by atoms with Gasteiger partial charge < -0.3 is 5.11 Å². The SMILES string of the molecule is Cc1cncc(-c2ccc(O)cc2)c1.